The number of cyclic esters (lactones) is 1. The second-order valence-corrected chi connectivity index (χ2v) is 7.50. The summed E-state index contributed by atoms with van der Waals surface area (Å²) in [6.07, 6.45) is -1.54. The summed E-state index contributed by atoms with van der Waals surface area (Å²) in [7, 11) is 0. The molecule has 3 aliphatic heterocycles. The van der Waals surface area contributed by atoms with Gasteiger partial charge in [-0.15, -0.1) is 0 Å². The van der Waals surface area contributed by atoms with Gasteiger partial charge in [0.15, 0.2) is 0 Å². The highest BCUT2D eigenvalue weighted by Gasteiger charge is 2.52. The number of urea groups is 1. The highest BCUT2D eigenvalue weighted by molar-refractivity contribution is 5.78. The molecule has 3 aliphatic rings. The third-order valence-electron chi connectivity index (χ3n) is 5.40. The number of hydrogen-bond acceptors (Lipinski definition) is 4. The van der Waals surface area contributed by atoms with Gasteiger partial charge in [-0.1, -0.05) is 0 Å². The predicted molar refractivity (Wildman–Crippen MR) is 85.7 cm³/mol. The van der Waals surface area contributed by atoms with Crippen molar-refractivity contribution in [2.45, 2.75) is 31.1 Å². The van der Waals surface area contributed by atoms with E-state index in [1.165, 1.54) is 4.68 Å². The number of rotatable bonds is 2. The van der Waals surface area contributed by atoms with Crippen LogP contribution in [0, 0.1) is 5.92 Å². The van der Waals surface area contributed by atoms with E-state index in [2.05, 4.69) is 10.4 Å². The first kappa shape index (κ1) is 17.9. The maximum Gasteiger partial charge on any atom is 0.419 e. The summed E-state index contributed by atoms with van der Waals surface area (Å²) in [6.45, 7) is 2.68. The predicted octanol–water partition coefficient (Wildman–Crippen LogP) is 1.53. The van der Waals surface area contributed by atoms with Crippen molar-refractivity contribution in [1.82, 2.24) is 24.9 Å². The molecule has 27 heavy (non-hydrogen) atoms. The van der Waals surface area contributed by atoms with Gasteiger partial charge in [0.1, 0.15) is 12.1 Å². The summed E-state index contributed by atoms with van der Waals surface area (Å²) in [4.78, 5) is 27.1. The molecule has 1 spiro atoms. The maximum absolute atomic E-state index is 12.6. The number of carbonyl (C=O) groups excluding carboxylic acids is 2. The Morgan fingerprint density at radius 3 is 2.56 bits per heavy atom. The number of likely N-dealkylation sites (tertiary alicyclic amines) is 2. The molecule has 0 saturated carbocycles. The Balaban J connectivity index is 1.24. The molecule has 0 radical (unpaired) electrons. The van der Waals surface area contributed by atoms with Gasteiger partial charge in [0.2, 0.25) is 0 Å². The summed E-state index contributed by atoms with van der Waals surface area (Å²) < 4.78 is 44.1. The summed E-state index contributed by atoms with van der Waals surface area (Å²) in [5.74, 6) is 0.181. The monoisotopic (exact) mass is 387 g/mol. The van der Waals surface area contributed by atoms with Crippen LogP contribution in [0.15, 0.2) is 12.4 Å². The topological polar surface area (TPSA) is 79.7 Å². The zero-order valence-electron chi connectivity index (χ0n) is 14.5. The van der Waals surface area contributed by atoms with E-state index in [9.17, 15) is 22.8 Å². The molecule has 4 rings (SSSR count). The third kappa shape index (κ3) is 3.54. The van der Waals surface area contributed by atoms with Crippen LogP contribution in [0.1, 0.15) is 18.4 Å². The molecule has 0 aliphatic carbocycles. The zero-order chi connectivity index (χ0) is 19.2. The molecule has 1 N–H and O–H groups in total. The molecule has 0 atom stereocenters. The summed E-state index contributed by atoms with van der Waals surface area (Å²) in [5.41, 5.74) is -1.19. The first-order chi connectivity index (χ1) is 12.7. The van der Waals surface area contributed by atoms with E-state index in [0.717, 1.165) is 12.4 Å². The first-order valence-corrected chi connectivity index (χ1v) is 8.83. The lowest BCUT2D eigenvalue weighted by Gasteiger charge is -2.48. The number of carbonyl (C=O) groups is 2. The second-order valence-electron chi connectivity index (χ2n) is 7.50. The number of nitrogens with one attached hydrogen (secondary N) is 1. The minimum atomic E-state index is -4.38. The molecule has 0 bridgehead atoms. The Hall–Kier alpha value is -2.46. The lowest BCUT2D eigenvalue weighted by atomic mass is 9.91. The van der Waals surface area contributed by atoms with Crippen molar-refractivity contribution in [3.05, 3.63) is 18.0 Å². The van der Waals surface area contributed by atoms with Gasteiger partial charge in [0.25, 0.3) is 0 Å². The second kappa shape index (κ2) is 6.31. The molecule has 3 saturated heterocycles. The van der Waals surface area contributed by atoms with E-state index in [1.807, 2.05) is 0 Å². The molecule has 3 amide bonds. The molecule has 4 heterocycles. The highest BCUT2D eigenvalue weighted by atomic mass is 19.4. The van der Waals surface area contributed by atoms with Gasteiger partial charge in [-0.25, -0.2) is 9.59 Å². The van der Waals surface area contributed by atoms with Gasteiger partial charge in [0, 0.05) is 25.8 Å². The van der Waals surface area contributed by atoms with E-state index in [1.54, 1.807) is 9.80 Å². The van der Waals surface area contributed by atoms with Crippen LogP contribution >= 0.6 is 0 Å². The van der Waals surface area contributed by atoms with Gasteiger partial charge in [-0.3, -0.25) is 4.68 Å². The number of alkyl carbamates (subject to hydrolysis) is 1. The Labute approximate surface area is 153 Å². The normalized spacial score (nSPS) is 22.6. The van der Waals surface area contributed by atoms with Crippen LogP contribution in [0.2, 0.25) is 0 Å². The van der Waals surface area contributed by atoms with Crippen molar-refractivity contribution in [3.63, 3.8) is 0 Å². The van der Waals surface area contributed by atoms with Crippen LogP contribution in [0.25, 0.3) is 0 Å². The molecule has 1 aromatic rings. The van der Waals surface area contributed by atoms with E-state index in [0.29, 0.717) is 45.6 Å². The number of alkyl halides is 3. The third-order valence-corrected chi connectivity index (χ3v) is 5.40. The highest BCUT2D eigenvalue weighted by Crippen LogP contribution is 2.30. The summed E-state index contributed by atoms with van der Waals surface area (Å²) in [5, 5.41) is 6.53. The van der Waals surface area contributed by atoms with Gasteiger partial charge in [0.05, 0.1) is 24.8 Å². The van der Waals surface area contributed by atoms with Crippen LogP contribution in [-0.4, -0.2) is 70.0 Å². The molecule has 1 aromatic heterocycles. The zero-order valence-corrected chi connectivity index (χ0v) is 14.5. The number of halogens is 3. The van der Waals surface area contributed by atoms with Gasteiger partial charge in [-0.05, 0) is 18.8 Å². The fraction of sp³-hybridized carbons (Fsp3) is 0.688. The Kier molecular flexibility index (Phi) is 4.19. The number of amides is 3. The van der Waals surface area contributed by atoms with Crippen molar-refractivity contribution in [2.75, 3.05) is 32.8 Å². The lowest BCUT2D eigenvalue weighted by Crippen LogP contribution is -2.71. The molecule has 11 heteroatoms. The molecule has 148 valence electrons. The molecule has 0 unspecified atom stereocenters. The quantitative estimate of drug-likeness (QED) is 0.835. The molecular weight excluding hydrogens is 367 g/mol. The van der Waals surface area contributed by atoms with E-state index >= 15 is 0 Å². The first-order valence-electron chi connectivity index (χ1n) is 8.83. The van der Waals surface area contributed by atoms with E-state index < -0.39 is 23.4 Å². The van der Waals surface area contributed by atoms with Crippen molar-refractivity contribution >= 4 is 12.1 Å². The van der Waals surface area contributed by atoms with E-state index in [-0.39, 0.29) is 18.6 Å². The Morgan fingerprint density at radius 1 is 1.30 bits per heavy atom. The van der Waals surface area contributed by atoms with Crippen molar-refractivity contribution in [1.29, 1.82) is 0 Å². The van der Waals surface area contributed by atoms with Gasteiger partial charge >= 0.3 is 18.3 Å². The lowest BCUT2D eigenvalue weighted by molar-refractivity contribution is -0.137. The fourth-order valence-electron chi connectivity index (χ4n) is 3.86. The SMILES string of the molecule is O=C1NC2(CO1)CN(C(=O)N1CCC(Cn3cc(C(F)(F)F)cn3)CC1)C2. The Morgan fingerprint density at radius 2 is 2.00 bits per heavy atom. The van der Waals surface area contributed by atoms with Crippen LogP contribution < -0.4 is 5.32 Å². The van der Waals surface area contributed by atoms with Crippen LogP contribution in [0.3, 0.4) is 0 Å². The summed E-state index contributed by atoms with van der Waals surface area (Å²) >= 11 is 0. The number of aromatic nitrogens is 2. The maximum atomic E-state index is 12.6. The fourth-order valence-corrected chi connectivity index (χ4v) is 3.86. The molecule has 3 fully saturated rings. The average molecular weight is 387 g/mol. The average Bonchev–Trinajstić information content (AvgIpc) is 3.20. The van der Waals surface area contributed by atoms with Crippen LogP contribution in [0.5, 0.6) is 0 Å². The molecule has 8 nitrogen and oxygen atoms in total. The Bertz CT molecular complexity index is 736. The number of nitrogens with zero attached hydrogens (tertiary/aromatic N) is 4. The number of hydrogen-bond donors (Lipinski definition) is 1. The van der Waals surface area contributed by atoms with Crippen LogP contribution in [-0.2, 0) is 17.5 Å². The summed E-state index contributed by atoms with van der Waals surface area (Å²) in [6, 6.07) is -0.0707. The van der Waals surface area contributed by atoms with Crippen molar-refractivity contribution < 1.29 is 27.5 Å². The largest absolute Gasteiger partial charge is 0.447 e. The smallest absolute Gasteiger partial charge is 0.419 e. The standard InChI is InChI=1S/C16H20F3N5O3/c17-16(18,19)12-5-20-24(7-12)6-11-1-3-22(4-2-11)14(26)23-8-15(9-23)10-27-13(25)21-15/h5,7,11H,1-4,6,8-10H2,(H,21,25). The minimum absolute atomic E-state index is 0.0707. The van der Waals surface area contributed by atoms with E-state index in [4.69, 9.17) is 4.74 Å². The molecular formula is C16H20F3N5O3. The molecule has 0 aromatic carbocycles. The van der Waals surface area contributed by atoms with Crippen LogP contribution in [0.4, 0.5) is 22.8 Å². The minimum Gasteiger partial charge on any atom is -0.447 e. The van der Waals surface area contributed by atoms with Gasteiger partial charge < -0.3 is 19.9 Å². The van der Waals surface area contributed by atoms with Crippen molar-refractivity contribution in [3.8, 4) is 0 Å². The number of ether oxygens (including phenoxy) is 1. The number of piperidine rings is 1. The van der Waals surface area contributed by atoms with Gasteiger partial charge in [-0.2, -0.15) is 18.3 Å². The van der Waals surface area contributed by atoms with Crippen molar-refractivity contribution in [2.24, 2.45) is 5.92 Å².